The second-order valence-electron chi connectivity index (χ2n) is 3.57. The van der Waals surface area contributed by atoms with E-state index < -0.39 is 5.92 Å². The molecule has 1 aromatic carbocycles. The summed E-state index contributed by atoms with van der Waals surface area (Å²) >= 11 is 6.32. The summed E-state index contributed by atoms with van der Waals surface area (Å²) in [5.41, 5.74) is 6.43. The molecule has 1 aromatic heterocycles. The number of nitrogens with two attached hydrogens (primary N) is 1. The third-order valence-corrected chi connectivity index (χ3v) is 3.27. The molecule has 18 heavy (non-hydrogen) atoms. The number of rotatable bonds is 4. The molecule has 1 heterocycles. The summed E-state index contributed by atoms with van der Waals surface area (Å²) in [6.45, 7) is 0. The van der Waals surface area contributed by atoms with Crippen molar-refractivity contribution in [1.82, 2.24) is 4.98 Å². The molecule has 2 rings (SSSR count). The van der Waals surface area contributed by atoms with Crippen LogP contribution in [0.4, 0.5) is 5.13 Å². The van der Waals surface area contributed by atoms with Gasteiger partial charge >= 0.3 is 0 Å². The molecule has 2 aromatic rings. The lowest BCUT2D eigenvalue weighted by atomic mass is 9.98. The Bertz CT molecular complexity index is 540. The van der Waals surface area contributed by atoms with Gasteiger partial charge in [-0.3, -0.25) is 4.79 Å². The first-order chi connectivity index (χ1) is 8.68. The first kappa shape index (κ1) is 12.7. The van der Waals surface area contributed by atoms with Crippen LogP contribution in [0.25, 0.3) is 0 Å². The Labute approximate surface area is 114 Å². The normalized spacial score (nSPS) is 11.8. The molecule has 6 heteroatoms. The fourth-order valence-corrected chi connectivity index (χ4v) is 2.33. The molecule has 92 valence electrons. The summed E-state index contributed by atoms with van der Waals surface area (Å²) in [7, 11) is 0. The van der Waals surface area contributed by atoms with Gasteiger partial charge < -0.3 is 11.1 Å². The Balaban J connectivity index is 2.21. The Morgan fingerprint density at radius 2 is 2.11 bits per heavy atom. The molecule has 0 bridgehead atoms. The van der Waals surface area contributed by atoms with Crippen LogP contribution < -0.4 is 11.1 Å². The molecular formula is C12H11N3OS2. The van der Waals surface area contributed by atoms with Gasteiger partial charge in [0.15, 0.2) is 5.13 Å². The van der Waals surface area contributed by atoms with Gasteiger partial charge in [-0.1, -0.05) is 42.5 Å². The molecule has 0 aliphatic rings. The average Bonchev–Trinajstić information content (AvgIpc) is 2.83. The Morgan fingerprint density at radius 3 is 2.67 bits per heavy atom. The lowest BCUT2D eigenvalue weighted by Gasteiger charge is -2.14. The maximum atomic E-state index is 12.1. The van der Waals surface area contributed by atoms with E-state index in [0.717, 1.165) is 5.56 Å². The van der Waals surface area contributed by atoms with Gasteiger partial charge in [-0.05, 0) is 5.56 Å². The molecule has 4 nitrogen and oxygen atoms in total. The van der Waals surface area contributed by atoms with Crippen molar-refractivity contribution in [2.75, 3.05) is 5.32 Å². The zero-order valence-corrected chi connectivity index (χ0v) is 11.0. The predicted octanol–water partition coefficient (Wildman–Crippen LogP) is 2.15. The molecule has 1 unspecified atom stereocenters. The first-order valence-corrected chi connectivity index (χ1v) is 6.52. The Kier molecular flexibility index (Phi) is 4.01. The van der Waals surface area contributed by atoms with E-state index >= 15 is 0 Å². The number of nitrogens with zero attached hydrogens (tertiary/aromatic N) is 1. The van der Waals surface area contributed by atoms with Crippen LogP contribution in [0, 0.1) is 0 Å². The van der Waals surface area contributed by atoms with E-state index in [-0.39, 0.29) is 10.9 Å². The molecule has 0 aliphatic carbocycles. The number of benzene rings is 1. The van der Waals surface area contributed by atoms with E-state index in [1.54, 1.807) is 11.6 Å². The Hall–Kier alpha value is -1.79. The van der Waals surface area contributed by atoms with Crippen LogP contribution in [0.15, 0.2) is 41.9 Å². The molecule has 0 saturated heterocycles. The zero-order chi connectivity index (χ0) is 13.0. The highest BCUT2D eigenvalue weighted by Gasteiger charge is 2.23. The molecule has 0 radical (unpaired) electrons. The molecule has 1 amide bonds. The van der Waals surface area contributed by atoms with Gasteiger partial charge in [0.05, 0.1) is 4.99 Å². The largest absolute Gasteiger partial charge is 0.392 e. The van der Waals surface area contributed by atoms with Crippen LogP contribution in [0.5, 0.6) is 0 Å². The number of aromatic nitrogens is 1. The van der Waals surface area contributed by atoms with Crippen molar-refractivity contribution in [2.24, 2.45) is 5.73 Å². The maximum Gasteiger partial charge on any atom is 0.240 e. The highest BCUT2D eigenvalue weighted by Crippen LogP contribution is 2.19. The third-order valence-electron chi connectivity index (χ3n) is 2.34. The van der Waals surface area contributed by atoms with Crippen LogP contribution in [-0.2, 0) is 4.79 Å². The molecule has 0 aliphatic heterocycles. The van der Waals surface area contributed by atoms with E-state index in [9.17, 15) is 4.79 Å². The summed E-state index contributed by atoms with van der Waals surface area (Å²) in [6.07, 6.45) is 1.62. The van der Waals surface area contributed by atoms with Crippen LogP contribution >= 0.6 is 23.6 Å². The number of hydrogen-bond acceptors (Lipinski definition) is 4. The summed E-state index contributed by atoms with van der Waals surface area (Å²) in [6, 6.07) is 9.21. The quantitative estimate of drug-likeness (QED) is 0.840. The van der Waals surface area contributed by atoms with E-state index in [4.69, 9.17) is 18.0 Å². The van der Waals surface area contributed by atoms with Gasteiger partial charge in [-0.25, -0.2) is 4.98 Å². The number of hydrogen-bond donors (Lipinski definition) is 2. The fraction of sp³-hybridized carbons (Fsp3) is 0.0833. The minimum Gasteiger partial charge on any atom is -0.392 e. The topological polar surface area (TPSA) is 68.0 Å². The summed E-state index contributed by atoms with van der Waals surface area (Å²) in [5.74, 6) is -0.895. The van der Waals surface area contributed by atoms with Crippen LogP contribution in [0.2, 0.25) is 0 Å². The molecule has 0 fully saturated rings. The van der Waals surface area contributed by atoms with Crippen molar-refractivity contribution in [3.8, 4) is 0 Å². The minimum atomic E-state index is -0.634. The second-order valence-corrected chi connectivity index (χ2v) is 4.94. The SMILES string of the molecule is NC(=S)C(C(=O)Nc1nccs1)c1ccccc1. The molecule has 0 spiro atoms. The van der Waals surface area contributed by atoms with Gasteiger partial charge in [0.25, 0.3) is 0 Å². The van der Waals surface area contributed by atoms with E-state index in [0.29, 0.717) is 5.13 Å². The number of thiocarbonyl (C=S) groups is 1. The summed E-state index contributed by atoms with van der Waals surface area (Å²) in [5, 5.41) is 5.03. The maximum absolute atomic E-state index is 12.1. The van der Waals surface area contributed by atoms with Gasteiger partial charge in [0.1, 0.15) is 5.92 Å². The molecular weight excluding hydrogens is 266 g/mol. The highest BCUT2D eigenvalue weighted by molar-refractivity contribution is 7.80. The average molecular weight is 277 g/mol. The van der Waals surface area contributed by atoms with Gasteiger partial charge in [-0.2, -0.15) is 0 Å². The van der Waals surface area contributed by atoms with Crippen LogP contribution in [0.1, 0.15) is 11.5 Å². The highest BCUT2D eigenvalue weighted by atomic mass is 32.1. The lowest BCUT2D eigenvalue weighted by molar-refractivity contribution is -0.116. The van der Waals surface area contributed by atoms with Crippen LogP contribution in [-0.4, -0.2) is 15.9 Å². The van der Waals surface area contributed by atoms with Crippen molar-refractivity contribution in [3.63, 3.8) is 0 Å². The van der Waals surface area contributed by atoms with Crippen LogP contribution in [0.3, 0.4) is 0 Å². The Morgan fingerprint density at radius 1 is 1.39 bits per heavy atom. The summed E-state index contributed by atoms with van der Waals surface area (Å²) < 4.78 is 0. The molecule has 1 atom stereocenters. The third kappa shape index (κ3) is 2.91. The van der Waals surface area contributed by atoms with Crippen molar-refractivity contribution in [1.29, 1.82) is 0 Å². The number of anilines is 1. The van der Waals surface area contributed by atoms with Crippen molar-refractivity contribution >= 4 is 39.6 Å². The van der Waals surface area contributed by atoms with E-state index in [1.807, 2.05) is 30.3 Å². The van der Waals surface area contributed by atoms with Gasteiger partial charge in [0.2, 0.25) is 5.91 Å². The number of amides is 1. The molecule has 3 N–H and O–H groups in total. The minimum absolute atomic E-state index is 0.148. The van der Waals surface area contributed by atoms with Crippen molar-refractivity contribution in [3.05, 3.63) is 47.5 Å². The van der Waals surface area contributed by atoms with E-state index in [1.165, 1.54) is 11.3 Å². The summed E-state index contributed by atoms with van der Waals surface area (Å²) in [4.78, 5) is 16.3. The lowest BCUT2D eigenvalue weighted by Crippen LogP contribution is -2.31. The zero-order valence-electron chi connectivity index (χ0n) is 9.37. The predicted molar refractivity (Wildman–Crippen MR) is 76.7 cm³/mol. The number of thiazole rings is 1. The second kappa shape index (κ2) is 5.70. The van der Waals surface area contributed by atoms with Crippen molar-refractivity contribution in [2.45, 2.75) is 5.92 Å². The number of nitrogens with one attached hydrogen (secondary N) is 1. The van der Waals surface area contributed by atoms with Crippen molar-refractivity contribution < 1.29 is 4.79 Å². The van der Waals surface area contributed by atoms with Gasteiger partial charge in [0, 0.05) is 11.6 Å². The first-order valence-electron chi connectivity index (χ1n) is 5.23. The standard InChI is InChI=1S/C12H11N3OS2/c13-10(17)9(8-4-2-1-3-5-8)11(16)15-12-14-6-7-18-12/h1-7,9H,(H2,13,17)(H,14,15,16). The van der Waals surface area contributed by atoms with E-state index in [2.05, 4.69) is 10.3 Å². The molecule has 0 saturated carbocycles. The van der Waals surface area contributed by atoms with Gasteiger partial charge in [-0.15, -0.1) is 11.3 Å². The smallest absolute Gasteiger partial charge is 0.240 e. The number of carbonyl (C=O) groups excluding carboxylic acids is 1. The number of carbonyl (C=O) groups is 1. The monoisotopic (exact) mass is 277 g/mol. The fourth-order valence-electron chi connectivity index (χ4n) is 1.55.